The molecule has 17 heavy (non-hydrogen) atoms. The number of unbranched alkanes of at least 4 members (excludes halogenated alkanes) is 1. The SMILES string of the molecule is COC(=O)C1CCCN1S(=O)(=O)CCCCCl. The van der Waals surface area contributed by atoms with E-state index in [2.05, 4.69) is 4.74 Å². The Bertz CT molecular complexity index is 357. The first kappa shape index (κ1) is 14.7. The Labute approximate surface area is 107 Å². The maximum Gasteiger partial charge on any atom is 0.324 e. The standard InChI is InChI=1S/C10H18ClNO4S/c1-16-10(13)9-5-4-7-12(9)17(14,15)8-3-2-6-11/h9H,2-8H2,1H3. The molecule has 1 rings (SSSR count). The second-order valence-corrected chi connectivity index (χ2v) is 6.42. The fraction of sp³-hybridized carbons (Fsp3) is 0.900. The number of hydrogen-bond donors (Lipinski definition) is 0. The quantitative estimate of drug-likeness (QED) is 0.414. The Morgan fingerprint density at radius 1 is 1.47 bits per heavy atom. The zero-order chi connectivity index (χ0) is 12.9. The third-order valence-electron chi connectivity index (χ3n) is 2.82. The first-order chi connectivity index (χ1) is 8.03. The van der Waals surface area contributed by atoms with Crippen LogP contribution in [0.4, 0.5) is 0 Å². The van der Waals surface area contributed by atoms with Crippen molar-refractivity contribution in [2.45, 2.75) is 31.7 Å². The van der Waals surface area contributed by atoms with Gasteiger partial charge in [0.2, 0.25) is 10.0 Å². The van der Waals surface area contributed by atoms with Crippen LogP contribution in [0.15, 0.2) is 0 Å². The average molecular weight is 284 g/mol. The first-order valence-electron chi connectivity index (χ1n) is 5.66. The van der Waals surface area contributed by atoms with Crippen LogP contribution >= 0.6 is 11.6 Å². The Hall–Kier alpha value is -0.330. The summed E-state index contributed by atoms with van der Waals surface area (Å²) < 4.78 is 29.9. The zero-order valence-corrected chi connectivity index (χ0v) is 11.5. The summed E-state index contributed by atoms with van der Waals surface area (Å²) in [7, 11) is -2.09. The van der Waals surface area contributed by atoms with E-state index in [-0.39, 0.29) is 5.75 Å². The third-order valence-corrected chi connectivity index (χ3v) is 5.04. The van der Waals surface area contributed by atoms with Gasteiger partial charge in [0.15, 0.2) is 0 Å². The number of esters is 1. The lowest BCUT2D eigenvalue weighted by molar-refractivity contribution is -0.144. The first-order valence-corrected chi connectivity index (χ1v) is 7.80. The minimum Gasteiger partial charge on any atom is -0.468 e. The summed E-state index contributed by atoms with van der Waals surface area (Å²) in [4.78, 5) is 11.5. The van der Waals surface area contributed by atoms with Crippen molar-refractivity contribution >= 4 is 27.6 Å². The van der Waals surface area contributed by atoms with Crippen molar-refractivity contribution < 1.29 is 17.9 Å². The molecule has 1 fully saturated rings. The van der Waals surface area contributed by atoms with Crippen molar-refractivity contribution in [1.82, 2.24) is 4.31 Å². The van der Waals surface area contributed by atoms with E-state index in [4.69, 9.17) is 11.6 Å². The fourth-order valence-electron chi connectivity index (χ4n) is 1.94. The van der Waals surface area contributed by atoms with Crippen molar-refractivity contribution in [2.24, 2.45) is 0 Å². The van der Waals surface area contributed by atoms with Crippen molar-refractivity contribution in [2.75, 3.05) is 25.3 Å². The van der Waals surface area contributed by atoms with Crippen LogP contribution in [0.2, 0.25) is 0 Å². The normalized spacial score (nSPS) is 21.6. The minimum absolute atomic E-state index is 0.0488. The van der Waals surface area contributed by atoms with Crippen LogP contribution in [0, 0.1) is 0 Å². The number of carbonyl (C=O) groups excluding carboxylic acids is 1. The van der Waals surface area contributed by atoms with Gasteiger partial charge >= 0.3 is 5.97 Å². The summed E-state index contributed by atoms with van der Waals surface area (Å²) in [6.45, 7) is 0.406. The second kappa shape index (κ2) is 6.56. The lowest BCUT2D eigenvalue weighted by Crippen LogP contribution is -2.42. The molecule has 7 heteroatoms. The van der Waals surface area contributed by atoms with Gasteiger partial charge in [-0.1, -0.05) is 0 Å². The van der Waals surface area contributed by atoms with E-state index in [0.29, 0.717) is 38.1 Å². The monoisotopic (exact) mass is 283 g/mol. The molecular weight excluding hydrogens is 266 g/mol. The van der Waals surface area contributed by atoms with Gasteiger partial charge in [0, 0.05) is 12.4 Å². The summed E-state index contributed by atoms with van der Waals surface area (Å²) in [5, 5.41) is 0. The van der Waals surface area contributed by atoms with Crippen molar-refractivity contribution in [1.29, 1.82) is 0 Å². The number of sulfonamides is 1. The smallest absolute Gasteiger partial charge is 0.324 e. The van der Waals surface area contributed by atoms with Gasteiger partial charge in [-0.25, -0.2) is 8.42 Å². The summed E-state index contributed by atoms with van der Waals surface area (Å²) >= 11 is 5.51. The highest BCUT2D eigenvalue weighted by Crippen LogP contribution is 2.22. The molecule has 0 amide bonds. The Morgan fingerprint density at radius 2 is 2.18 bits per heavy atom. The number of ether oxygens (including phenoxy) is 1. The van der Waals surface area contributed by atoms with E-state index in [1.807, 2.05) is 0 Å². The summed E-state index contributed by atoms with van der Waals surface area (Å²) in [6.07, 6.45) is 2.43. The molecule has 0 N–H and O–H groups in total. The molecule has 1 unspecified atom stereocenters. The molecule has 100 valence electrons. The summed E-state index contributed by atoms with van der Waals surface area (Å²) in [6, 6.07) is -0.638. The van der Waals surface area contributed by atoms with Crippen LogP contribution in [-0.4, -0.2) is 50.0 Å². The van der Waals surface area contributed by atoms with Gasteiger partial charge in [0.25, 0.3) is 0 Å². The topological polar surface area (TPSA) is 63.7 Å². The molecule has 1 aliphatic heterocycles. The maximum atomic E-state index is 12.0. The van der Waals surface area contributed by atoms with Crippen LogP contribution < -0.4 is 0 Å². The second-order valence-electron chi connectivity index (χ2n) is 4.00. The Balaban J connectivity index is 2.66. The van der Waals surface area contributed by atoms with Gasteiger partial charge in [0.1, 0.15) is 6.04 Å². The average Bonchev–Trinajstić information content (AvgIpc) is 2.78. The Kier molecular flexibility index (Phi) is 5.69. The van der Waals surface area contributed by atoms with Gasteiger partial charge in [-0.3, -0.25) is 4.79 Å². The van der Waals surface area contributed by atoms with Crippen LogP contribution in [0.1, 0.15) is 25.7 Å². The van der Waals surface area contributed by atoms with E-state index in [1.54, 1.807) is 0 Å². The number of rotatable bonds is 6. The molecular formula is C10H18ClNO4S. The molecule has 1 heterocycles. The number of methoxy groups -OCH3 is 1. The molecule has 5 nitrogen and oxygen atoms in total. The molecule has 1 atom stereocenters. The lowest BCUT2D eigenvalue weighted by atomic mass is 10.2. The molecule has 0 spiro atoms. The van der Waals surface area contributed by atoms with Crippen molar-refractivity contribution in [3.8, 4) is 0 Å². The largest absolute Gasteiger partial charge is 0.468 e. The van der Waals surface area contributed by atoms with Gasteiger partial charge in [-0.15, -0.1) is 11.6 Å². The molecule has 0 bridgehead atoms. The Morgan fingerprint density at radius 3 is 2.76 bits per heavy atom. The molecule has 1 saturated heterocycles. The van der Waals surface area contributed by atoms with Crippen molar-refractivity contribution in [3.05, 3.63) is 0 Å². The predicted octanol–water partition coefficient (Wildman–Crippen LogP) is 0.973. The maximum absolute atomic E-state index is 12.0. The molecule has 0 aromatic carbocycles. The van der Waals surface area contributed by atoms with E-state index >= 15 is 0 Å². The van der Waals surface area contributed by atoms with Gasteiger partial charge in [-0.05, 0) is 25.7 Å². The predicted molar refractivity (Wildman–Crippen MR) is 65.5 cm³/mol. The zero-order valence-electron chi connectivity index (χ0n) is 9.89. The molecule has 0 radical (unpaired) electrons. The highest BCUT2D eigenvalue weighted by Gasteiger charge is 2.38. The van der Waals surface area contributed by atoms with Crippen LogP contribution in [0.3, 0.4) is 0 Å². The van der Waals surface area contributed by atoms with Crippen LogP contribution in [-0.2, 0) is 19.6 Å². The molecule has 0 aromatic rings. The van der Waals surface area contributed by atoms with Crippen LogP contribution in [0.25, 0.3) is 0 Å². The third kappa shape index (κ3) is 3.82. The molecule has 1 aliphatic rings. The van der Waals surface area contributed by atoms with Gasteiger partial charge in [-0.2, -0.15) is 4.31 Å². The molecule has 0 aliphatic carbocycles. The molecule has 0 saturated carbocycles. The summed E-state index contributed by atoms with van der Waals surface area (Å²) in [5.41, 5.74) is 0. The van der Waals surface area contributed by atoms with E-state index in [9.17, 15) is 13.2 Å². The summed E-state index contributed by atoms with van der Waals surface area (Å²) in [5.74, 6) is 0.0341. The number of carbonyl (C=O) groups is 1. The number of nitrogens with zero attached hydrogens (tertiary/aromatic N) is 1. The lowest BCUT2D eigenvalue weighted by Gasteiger charge is -2.21. The van der Waals surface area contributed by atoms with E-state index in [1.165, 1.54) is 11.4 Å². The number of halogens is 1. The highest BCUT2D eigenvalue weighted by molar-refractivity contribution is 7.89. The fourth-order valence-corrected chi connectivity index (χ4v) is 3.92. The molecule has 0 aromatic heterocycles. The van der Waals surface area contributed by atoms with E-state index in [0.717, 1.165) is 0 Å². The number of alkyl halides is 1. The number of hydrogen-bond acceptors (Lipinski definition) is 4. The highest BCUT2D eigenvalue weighted by atomic mass is 35.5. The van der Waals surface area contributed by atoms with Gasteiger partial charge < -0.3 is 4.74 Å². The van der Waals surface area contributed by atoms with Gasteiger partial charge in [0.05, 0.1) is 12.9 Å². The van der Waals surface area contributed by atoms with Crippen LogP contribution in [0.5, 0.6) is 0 Å². The van der Waals surface area contributed by atoms with Crippen molar-refractivity contribution in [3.63, 3.8) is 0 Å². The minimum atomic E-state index is -3.36. The van der Waals surface area contributed by atoms with E-state index < -0.39 is 22.0 Å².